The molecule has 6 heteroatoms. The molecule has 0 unspecified atom stereocenters. The van der Waals surface area contributed by atoms with Crippen molar-refractivity contribution in [1.29, 1.82) is 0 Å². The van der Waals surface area contributed by atoms with Gasteiger partial charge in [0.1, 0.15) is 0 Å². The summed E-state index contributed by atoms with van der Waals surface area (Å²) in [7, 11) is 1.57. The number of aromatic hydroxyl groups is 5. The average Bonchev–Trinajstić information content (AvgIpc) is 3.69. The molecule has 0 aromatic heterocycles. The number of ether oxygens (including phenoxy) is 1. The van der Waals surface area contributed by atoms with Crippen LogP contribution in [0, 0.1) is 0 Å². The lowest BCUT2D eigenvalue weighted by atomic mass is 9.67. The van der Waals surface area contributed by atoms with Crippen LogP contribution in [0.4, 0.5) is 0 Å². The summed E-state index contributed by atoms with van der Waals surface area (Å²) in [4.78, 5) is 0. The van der Waals surface area contributed by atoms with Crippen LogP contribution in [0.3, 0.4) is 0 Å². The molecular weight excluding hydrogens is 636 g/mol. The molecule has 0 atom stereocenters. The Hall–Kier alpha value is -6.66. The van der Waals surface area contributed by atoms with Crippen LogP contribution >= 0.6 is 0 Å². The fraction of sp³-hybridized carbons (Fsp3) is 0.0667. The third-order valence-electron chi connectivity index (χ3n) is 10.1. The van der Waals surface area contributed by atoms with Crippen molar-refractivity contribution >= 4 is 0 Å². The Morgan fingerprint density at radius 2 is 0.961 bits per heavy atom. The number of fused-ring (bicyclic) bond motifs is 6. The van der Waals surface area contributed by atoms with E-state index >= 15 is 0 Å². The fourth-order valence-corrected chi connectivity index (χ4v) is 7.81. The van der Waals surface area contributed by atoms with Crippen LogP contribution < -0.4 is 4.74 Å². The SMILES string of the molecule is COc1cc(-c2cccc3c2Cc2ccccc2-3)ccc1O.Oc1ccc(C2(c3ccc(O)c(O)c3)c3ccccc3-c3ccccc32)cc1O. The van der Waals surface area contributed by atoms with Gasteiger partial charge in [0, 0.05) is 0 Å². The van der Waals surface area contributed by atoms with Gasteiger partial charge in [0.25, 0.3) is 0 Å². The Kier molecular flexibility index (Phi) is 7.65. The van der Waals surface area contributed by atoms with Crippen LogP contribution in [0.15, 0.2) is 146 Å². The maximum absolute atomic E-state index is 10.3. The van der Waals surface area contributed by atoms with Crippen molar-refractivity contribution in [1.82, 2.24) is 0 Å². The standard InChI is InChI=1S/C25H18O4.C20H16O2/c26-21-11-9-15(13-23(21)28)25(16-10-12-22(27)24(29)14-16)19-7-3-1-5-17(19)18-6-2-4-8-20(18)25;1-22-20-12-14(9-10-19(20)21)16-7-4-8-17-15-6-3-2-5-13(15)11-18(16)17/h1-14,26-29H;2-10,12,21H,11H2,1H3. The van der Waals surface area contributed by atoms with Gasteiger partial charge in [0.05, 0.1) is 12.5 Å². The summed E-state index contributed by atoms with van der Waals surface area (Å²) in [5, 5.41) is 50.1. The van der Waals surface area contributed by atoms with E-state index in [9.17, 15) is 25.5 Å². The molecule has 51 heavy (non-hydrogen) atoms. The molecule has 250 valence electrons. The van der Waals surface area contributed by atoms with Gasteiger partial charge in [-0.3, -0.25) is 0 Å². The second kappa shape index (κ2) is 12.3. The molecule has 0 saturated carbocycles. The summed E-state index contributed by atoms with van der Waals surface area (Å²) in [5.41, 5.74) is 12.4. The van der Waals surface area contributed by atoms with E-state index in [0.29, 0.717) is 5.75 Å². The summed E-state index contributed by atoms with van der Waals surface area (Å²) >= 11 is 0. The highest BCUT2D eigenvalue weighted by atomic mass is 16.5. The molecule has 0 amide bonds. The lowest BCUT2D eigenvalue weighted by Gasteiger charge is -2.34. The van der Waals surface area contributed by atoms with Crippen molar-refractivity contribution in [3.05, 3.63) is 179 Å². The molecule has 0 fully saturated rings. The van der Waals surface area contributed by atoms with Crippen LogP contribution in [0.5, 0.6) is 34.5 Å². The molecule has 0 spiro atoms. The molecule has 2 aliphatic carbocycles. The first-order chi connectivity index (χ1) is 24.8. The van der Waals surface area contributed by atoms with Crippen LogP contribution in [0.2, 0.25) is 0 Å². The molecule has 5 N–H and O–H groups in total. The second-order valence-electron chi connectivity index (χ2n) is 12.8. The minimum absolute atomic E-state index is 0.169. The first kappa shape index (κ1) is 31.6. The Morgan fingerprint density at radius 1 is 0.451 bits per heavy atom. The zero-order chi connectivity index (χ0) is 35.3. The molecule has 0 radical (unpaired) electrons. The van der Waals surface area contributed by atoms with Gasteiger partial charge in [0.15, 0.2) is 34.5 Å². The summed E-state index contributed by atoms with van der Waals surface area (Å²) in [6, 6.07) is 46.1. The Labute approximate surface area is 295 Å². The van der Waals surface area contributed by atoms with Gasteiger partial charge in [-0.1, -0.05) is 109 Å². The second-order valence-corrected chi connectivity index (χ2v) is 12.8. The molecule has 0 heterocycles. The van der Waals surface area contributed by atoms with E-state index in [1.165, 1.54) is 39.9 Å². The third kappa shape index (κ3) is 5.03. The topological polar surface area (TPSA) is 110 Å². The first-order valence-corrected chi connectivity index (χ1v) is 16.6. The number of methoxy groups -OCH3 is 1. The van der Waals surface area contributed by atoms with Crippen molar-refractivity contribution in [2.24, 2.45) is 0 Å². The predicted octanol–water partition coefficient (Wildman–Crippen LogP) is 9.51. The largest absolute Gasteiger partial charge is 0.504 e. The highest BCUT2D eigenvalue weighted by Gasteiger charge is 2.46. The molecule has 9 rings (SSSR count). The minimum Gasteiger partial charge on any atom is -0.504 e. The Balaban J connectivity index is 0.000000152. The molecule has 2 aliphatic rings. The summed E-state index contributed by atoms with van der Waals surface area (Å²) in [6.07, 6.45) is 0.949. The summed E-state index contributed by atoms with van der Waals surface area (Å²) in [5.74, 6) is -0.153. The first-order valence-electron chi connectivity index (χ1n) is 16.6. The van der Waals surface area contributed by atoms with E-state index < -0.39 is 5.41 Å². The van der Waals surface area contributed by atoms with Crippen LogP contribution in [0.25, 0.3) is 33.4 Å². The highest BCUT2D eigenvalue weighted by molar-refractivity contribution is 5.87. The quantitative estimate of drug-likeness (QED) is 0.119. The van der Waals surface area contributed by atoms with Crippen molar-refractivity contribution in [3.63, 3.8) is 0 Å². The van der Waals surface area contributed by atoms with E-state index in [1.54, 1.807) is 37.4 Å². The van der Waals surface area contributed by atoms with Gasteiger partial charge in [-0.05, 0) is 110 Å². The predicted molar refractivity (Wildman–Crippen MR) is 199 cm³/mol. The molecule has 7 aromatic rings. The minimum atomic E-state index is -0.830. The van der Waals surface area contributed by atoms with Gasteiger partial charge < -0.3 is 30.3 Å². The van der Waals surface area contributed by atoms with Gasteiger partial charge in [0.2, 0.25) is 0 Å². The van der Waals surface area contributed by atoms with E-state index in [0.717, 1.165) is 45.4 Å². The van der Waals surface area contributed by atoms with Crippen molar-refractivity contribution < 1.29 is 30.3 Å². The van der Waals surface area contributed by atoms with E-state index in [2.05, 4.69) is 54.6 Å². The van der Waals surface area contributed by atoms with Gasteiger partial charge >= 0.3 is 0 Å². The van der Waals surface area contributed by atoms with Crippen LogP contribution in [-0.4, -0.2) is 32.6 Å². The van der Waals surface area contributed by atoms with Gasteiger partial charge in [-0.15, -0.1) is 0 Å². The summed E-state index contributed by atoms with van der Waals surface area (Å²) < 4.78 is 5.24. The number of rotatable bonds is 4. The van der Waals surface area contributed by atoms with Crippen LogP contribution in [-0.2, 0) is 11.8 Å². The molecule has 7 aromatic carbocycles. The van der Waals surface area contributed by atoms with E-state index in [4.69, 9.17) is 4.74 Å². The Morgan fingerprint density at radius 3 is 1.55 bits per heavy atom. The lowest BCUT2D eigenvalue weighted by molar-refractivity contribution is 0.373. The zero-order valence-electron chi connectivity index (χ0n) is 27.7. The summed E-state index contributed by atoms with van der Waals surface area (Å²) in [6.45, 7) is 0. The number of benzene rings is 7. The van der Waals surface area contributed by atoms with Crippen molar-refractivity contribution in [3.8, 4) is 67.9 Å². The maximum atomic E-state index is 10.3. The normalized spacial score (nSPS) is 12.9. The lowest BCUT2D eigenvalue weighted by Crippen LogP contribution is -2.28. The molecular formula is C45H34O6. The number of phenolic OH excluding ortho intramolecular Hbond substituents is 5. The monoisotopic (exact) mass is 670 g/mol. The van der Waals surface area contributed by atoms with Crippen molar-refractivity contribution in [2.45, 2.75) is 11.8 Å². The van der Waals surface area contributed by atoms with Crippen LogP contribution in [0.1, 0.15) is 33.4 Å². The third-order valence-corrected chi connectivity index (χ3v) is 10.1. The highest BCUT2D eigenvalue weighted by Crippen LogP contribution is 2.57. The number of phenols is 5. The smallest absolute Gasteiger partial charge is 0.161 e. The average molecular weight is 671 g/mol. The van der Waals surface area contributed by atoms with Crippen molar-refractivity contribution in [2.75, 3.05) is 7.11 Å². The van der Waals surface area contributed by atoms with Gasteiger partial charge in [-0.2, -0.15) is 0 Å². The van der Waals surface area contributed by atoms with E-state index in [1.807, 2.05) is 48.5 Å². The maximum Gasteiger partial charge on any atom is 0.161 e. The molecule has 6 nitrogen and oxygen atoms in total. The fourth-order valence-electron chi connectivity index (χ4n) is 7.81. The Bertz CT molecular complexity index is 2360. The van der Waals surface area contributed by atoms with Gasteiger partial charge in [-0.25, -0.2) is 0 Å². The van der Waals surface area contributed by atoms with E-state index in [-0.39, 0.29) is 28.7 Å². The zero-order valence-corrected chi connectivity index (χ0v) is 27.7. The molecule has 0 aliphatic heterocycles. The molecule has 0 bridgehead atoms. The molecule has 0 saturated heterocycles. The number of hydrogen-bond acceptors (Lipinski definition) is 6. The number of hydrogen-bond donors (Lipinski definition) is 5.